The van der Waals surface area contributed by atoms with Crippen LogP contribution in [-0.2, 0) is 0 Å². The van der Waals surface area contributed by atoms with Crippen LogP contribution in [0.1, 0.15) is 27.9 Å². The molecule has 0 radical (unpaired) electrons. The van der Waals surface area contributed by atoms with E-state index in [2.05, 4.69) is 36.4 Å². The smallest absolute Gasteiger partial charge is 0.164 e. The summed E-state index contributed by atoms with van der Waals surface area (Å²) in [7, 11) is 0. The van der Waals surface area contributed by atoms with Crippen LogP contribution in [0.15, 0.2) is 120 Å². The van der Waals surface area contributed by atoms with Gasteiger partial charge in [0.2, 0.25) is 0 Å². The molecule has 0 saturated carbocycles. The molecule has 0 aromatic heterocycles. The summed E-state index contributed by atoms with van der Waals surface area (Å²) >= 11 is 0. The van der Waals surface area contributed by atoms with Crippen LogP contribution in [0, 0.1) is 0 Å². The SMILES string of the molecule is O=C(CCN=C(c1ccccc1)c1ccccc1)c1ccc(-c2ccccc2)cc1. The standard InChI is InChI=1S/C28H23NO/c30-27(24-18-16-23(17-19-24)22-10-4-1-5-11-22)20-21-29-28(25-12-6-2-7-13-25)26-14-8-3-9-15-26/h1-19H,20-21H2. The molecule has 0 saturated heterocycles. The molecular weight excluding hydrogens is 366 g/mol. The van der Waals surface area contributed by atoms with Crippen LogP contribution in [0.5, 0.6) is 0 Å². The third-order valence-electron chi connectivity index (χ3n) is 5.02. The van der Waals surface area contributed by atoms with E-state index in [1.807, 2.05) is 78.9 Å². The number of benzene rings is 4. The Morgan fingerprint density at radius 3 is 1.53 bits per heavy atom. The molecule has 0 bridgehead atoms. The Kier molecular flexibility index (Phi) is 6.26. The minimum Gasteiger partial charge on any atom is -0.294 e. The van der Waals surface area contributed by atoms with Gasteiger partial charge in [-0.15, -0.1) is 0 Å². The minimum absolute atomic E-state index is 0.110. The van der Waals surface area contributed by atoms with Crippen molar-refractivity contribution in [3.63, 3.8) is 0 Å². The Morgan fingerprint density at radius 1 is 0.533 bits per heavy atom. The molecule has 0 heterocycles. The first-order valence-corrected chi connectivity index (χ1v) is 10.2. The van der Waals surface area contributed by atoms with Crippen molar-refractivity contribution < 1.29 is 4.79 Å². The number of hydrogen-bond acceptors (Lipinski definition) is 2. The van der Waals surface area contributed by atoms with Crippen molar-refractivity contribution in [2.45, 2.75) is 6.42 Å². The van der Waals surface area contributed by atoms with E-state index in [4.69, 9.17) is 4.99 Å². The van der Waals surface area contributed by atoms with Crippen molar-refractivity contribution in [3.05, 3.63) is 132 Å². The highest BCUT2D eigenvalue weighted by molar-refractivity contribution is 6.13. The van der Waals surface area contributed by atoms with Crippen molar-refractivity contribution in [1.82, 2.24) is 0 Å². The van der Waals surface area contributed by atoms with Crippen LogP contribution in [0.4, 0.5) is 0 Å². The molecule has 0 amide bonds. The van der Waals surface area contributed by atoms with Crippen LogP contribution < -0.4 is 0 Å². The summed E-state index contributed by atoms with van der Waals surface area (Å²) < 4.78 is 0. The number of ketones is 1. The summed E-state index contributed by atoms with van der Waals surface area (Å²) in [6, 6.07) is 38.2. The van der Waals surface area contributed by atoms with Gasteiger partial charge in [0.25, 0.3) is 0 Å². The molecule has 0 aliphatic carbocycles. The topological polar surface area (TPSA) is 29.4 Å². The highest BCUT2D eigenvalue weighted by Gasteiger charge is 2.09. The largest absolute Gasteiger partial charge is 0.294 e. The van der Waals surface area contributed by atoms with Crippen molar-refractivity contribution in [1.29, 1.82) is 0 Å². The van der Waals surface area contributed by atoms with Crippen molar-refractivity contribution in [2.75, 3.05) is 6.54 Å². The highest BCUT2D eigenvalue weighted by atomic mass is 16.1. The fourth-order valence-electron chi connectivity index (χ4n) is 3.43. The molecule has 0 aliphatic heterocycles. The maximum Gasteiger partial charge on any atom is 0.164 e. The van der Waals surface area contributed by atoms with E-state index in [0.29, 0.717) is 13.0 Å². The molecule has 4 aromatic carbocycles. The van der Waals surface area contributed by atoms with E-state index < -0.39 is 0 Å². The zero-order valence-corrected chi connectivity index (χ0v) is 16.7. The second-order valence-corrected chi connectivity index (χ2v) is 7.08. The Hall–Kier alpha value is -3.78. The number of nitrogens with zero attached hydrogens (tertiary/aromatic N) is 1. The average molecular weight is 389 g/mol. The summed E-state index contributed by atoms with van der Waals surface area (Å²) in [5.74, 6) is 0.110. The van der Waals surface area contributed by atoms with Gasteiger partial charge in [0.1, 0.15) is 0 Å². The quantitative estimate of drug-likeness (QED) is 0.263. The Morgan fingerprint density at radius 2 is 1.00 bits per heavy atom. The second kappa shape index (κ2) is 9.62. The molecule has 146 valence electrons. The van der Waals surface area contributed by atoms with Crippen molar-refractivity contribution in [3.8, 4) is 11.1 Å². The maximum absolute atomic E-state index is 12.7. The first kappa shape index (κ1) is 19.5. The summed E-state index contributed by atoms with van der Waals surface area (Å²) in [6.45, 7) is 0.457. The van der Waals surface area contributed by atoms with E-state index in [1.165, 1.54) is 0 Å². The van der Waals surface area contributed by atoms with Gasteiger partial charge < -0.3 is 0 Å². The highest BCUT2D eigenvalue weighted by Crippen LogP contribution is 2.20. The Balaban J connectivity index is 1.47. The van der Waals surface area contributed by atoms with Crippen LogP contribution in [0.2, 0.25) is 0 Å². The molecule has 2 nitrogen and oxygen atoms in total. The predicted octanol–water partition coefficient (Wildman–Crippen LogP) is 6.46. The molecular formula is C28H23NO. The molecule has 4 aromatic rings. The van der Waals surface area contributed by atoms with Crippen molar-refractivity contribution in [2.24, 2.45) is 4.99 Å². The van der Waals surface area contributed by atoms with Gasteiger partial charge >= 0.3 is 0 Å². The lowest BCUT2D eigenvalue weighted by molar-refractivity contribution is 0.0985. The monoisotopic (exact) mass is 389 g/mol. The number of aliphatic imine (C=N–C) groups is 1. The van der Waals surface area contributed by atoms with E-state index >= 15 is 0 Å². The lowest BCUT2D eigenvalue weighted by Crippen LogP contribution is -2.07. The Bertz CT molecular complexity index is 1070. The number of carbonyl (C=O) groups is 1. The van der Waals surface area contributed by atoms with Crippen LogP contribution in [0.25, 0.3) is 11.1 Å². The van der Waals surface area contributed by atoms with Crippen LogP contribution in [-0.4, -0.2) is 18.0 Å². The van der Waals surface area contributed by atoms with E-state index in [-0.39, 0.29) is 5.78 Å². The third-order valence-corrected chi connectivity index (χ3v) is 5.02. The normalized spacial score (nSPS) is 10.4. The summed E-state index contributed by atoms with van der Waals surface area (Å²) in [4.78, 5) is 17.5. The molecule has 0 spiro atoms. The van der Waals surface area contributed by atoms with Gasteiger partial charge in [0.05, 0.1) is 5.71 Å². The van der Waals surface area contributed by atoms with Gasteiger partial charge in [0.15, 0.2) is 5.78 Å². The third kappa shape index (κ3) is 4.79. The maximum atomic E-state index is 12.7. The first-order valence-electron chi connectivity index (χ1n) is 10.2. The Labute approximate surface area is 177 Å². The number of rotatable bonds is 7. The van der Waals surface area contributed by atoms with Crippen LogP contribution >= 0.6 is 0 Å². The second-order valence-electron chi connectivity index (χ2n) is 7.08. The molecule has 0 aliphatic rings. The summed E-state index contributed by atoms with van der Waals surface area (Å²) in [5.41, 5.74) is 6.03. The van der Waals surface area contributed by atoms with Gasteiger partial charge in [0, 0.05) is 29.7 Å². The van der Waals surface area contributed by atoms with Crippen molar-refractivity contribution >= 4 is 11.5 Å². The first-order chi connectivity index (χ1) is 14.8. The van der Waals surface area contributed by atoms with Gasteiger partial charge in [-0.25, -0.2) is 0 Å². The van der Waals surface area contributed by atoms with E-state index in [1.54, 1.807) is 0 Å². The fraction of sp³-hybridized carbons (Fsp3) is 0.0714. The summed E-state index contributed by atoms with van der Waals surface area (Å²) in [6.07, 6.45) is 0.383. The molecule has 30 heavy (non-hydrogen) atoms. The molecule has 0 unspecified atom stereocenters. The number of carbonyl (C=O) groups excluding carboxylic acids is 1. The fourth-order valence-corrected chi connectivity index (χ4v) is 3.43. The zero-order chi connectivity index (χ0) is 20.6. The predicted molar refractivity (Wildman–Crippen MR) is 124 cm³/mol. The lowest BCUT2D eigenvalue weighted by Gasteiger charge is -2.08. The molecule has 0 fully saturated rings. The zero-order valence-electron chi connectivity index (χ0n) is 16.7. The molecule has 0 atom stereocenters. The molecule has 4 rings (SSSR count). The van der Waals surface area contributed by atoms with E-state index in [0.717, 1.165) is 33.5 Å². The van der Waals surface area contributed by atoms with E-state index in [9.17, 15) is 4.79 Å². The summed E-state index contributed by atoms with van der Waals surface area (Å²) in [5, 5.41) is 0. The molecule has 0 N–H and O–H groups in total. The lowest BCUT2D eigenvalue weighted by atomic mass is 10.0. The number of Topliss-reactive ketones (excluding diaryl/α,β-unsaturated/α-hetero) is 1. The van der Waals surface area contributed by atoms with Gasteiger partial charge in [-0.3, -0.25) is 9.79 Å². The van der Waals surface area contributed by atoms with Gasteiger partial charge in [-0.05, 0) is 11.1 Å². The van der Waals surface area contributed by atoms with Gasteiger partial charge in [-0.2, -0.15) is 0 Å². The molecule has 2 heteroatoms. The van der Waals surface area contributed by atoms with Crippen LogP contribution in [0.3, 0.4) is 0 Å². The average Bonchev–Trinajstić information content (AvgIpc) is 2.83. The number of hydrogen-bond donors (Lipinski definition) is 0. The van der Waals surface area contributed by atoms with Gasteiger partial charge in [-0.1, -0.05) is 115 Å². The minimum atomic E-state index is 0.110.